The van der Waals surface area contributed by atoms with Crippen molar-refractivity contribution >= 4 is 5.91 Å². The van der Waals surface area contributed by atoms with Gasteiger partial charge in [0.15, 0.2) is 0 Å². The van der Waals surface area contributed by atoms with Gasteiger partial charge in [0.25, 0.3) is 11.5 Å². The zero-order valence-electron chi connectivity index (χ0n) is 15.6. The van der Waals surface area contributed by atoms with Crippen molar-refractivity contribution < 1.29 is 27.4 Å². The molecule has 3 rings (SSSR count). The first-order chi connectivity index (χ1) is 14.2. The van der Waals surface area contributed by atoms with E-state index in [1.807, 2.05) is 0 Å². The van der Waals surface area contributed by atoms with Crippen molar-refractivity contribution in [2.45, 2.75) is 12.8 Å². The molecule has 0 atom stereocenters. The largest absolute Gasteiger partial charge is 0.495 e. The third kappa shape index (κ3) is 4.59. The summed E-state index contributed by atoms with van der Waals surface area (Å²) in [6, 6.07) is 8.28. The molecule has 3 N–H and O–H groups in total. The number of pyridine rings is 2. The molecule has 2 aromatic heterocycles. The number of benzene rings is 1. The van der Waals surface area contributed by atoms with Crippen LogP contribution < -0.4 is 20.8 Å². The number of carbonyl (C=O) groups is 1. The van der Waals surface area contributed by atoms with Crippen LogP contribution in [0.5, 0.6) is 11.5 Å². The van der Waals surface area contributed by atoms with Crippen LogP contribution in [0.1, 0.15) is 21.6 Å². The van der Waals surface area contributed by atoms with Gasteiger partial charge in [-0.3, -0.25) is 14.6 Å². The molecule has 1 aromatic carbocycles. The van der Waals surface area contributed by atoms with Crippen molar-refractivity contribution in [3.63, 3.8) is 0 Å². The number of methoxy groups -OCH3 is 1. The number of aromatic amines is 1. The second kappa shape index (κ2) is 8.27. The molecule has 156 valence electrons. The van der Waals surface area contributed by atoms with Gasteiger partial charge in [0, 0.05) is 17.3 Å². The van der Waals surface area contributed by atoms with Crippen LogP contribution in [-0.2, 0) is 12.8 Å². The number of aromatic nitrogens is 2. The van der Waals surface area contributed by atoms with Crippen LogP contribution in [0.3, 0.4) is 0 Å². The molecule has 0 unspecified atom stereocenters. The zero-order valence-corrected chi connectivity index (χ0v) is 15.6. The van der Waals surface area contributed by atoms with E-state index in [-0.39, 0.29) is 17.7 Å². The van der Waals surface area contributed by atoms with Crippen molar-refractivity contribution in [1.29, 1.82) is 0 Å². The van der Waals surface area contributed by atoms with Crippen LogP contribution in [-0.4, -0.2) is 23.0 Å². The molecule has 0 saturated carbocycles. The van der Waals surface area contributed by atoms with Gasteiger partial charge in [0.05, 0.1) is 13.3 Å². The van der Waals surface area contributed by atoms with E-state index in [4.69, 9.17) is 15.2 Å². The van der Waals surface area contributed by atoms with Crippen LogP contribution in [0.4, 0.5) is 13.2 Å². The lowest BCUT2D eigenvalue weighted by Gasteiger charge is -2.14. The maximum atomic E-state index is 13.4. The van der Waals surface area contributed by atoms with Gasteiger partial charge >= 0.3 is 6.18 Å². The number of hydrogen-bond acceptors (Lipinski definition) is 5. The molecule has 2 heterocycles. The molecule has 0 fully saturated rings. The van der Waals surface area contributed by atoms with E-state index in [0.29, 0.717) is 11.5 Å². The van der Waals surface area contributed by atoms with Crippen molar-refractivity contribution in [3.8, 4) is 22.6 Å². The highest BCUT2D eigenvalue weighted by molar-refractivity contribution is 5.94. The van der Waals surface area contributed by atoms with Crippen molar-refractivity contribution in [2.24, 2.45) is 5.73 Å². The minimum Gasteiger partial charge on any atom is -0.495 e. The van der Waals surface area contributed by atoms with Gasteiger partial charge in [-0.25, -0.2) is 0 Å². The lowest BCUT2D eigenvalue weighted by Crippen LogP contribution is -2.27. The molecule has 30 heavy (non-hydrogen) atoms. The quantitative estimate of drug-likeness (QED) is 0.638. The Morgan fingerprint density at radius 1 is 1.13 bits per heavy atom. The first-order valence-electron chi connectivity index (χ1n) is 8.54. The van der Waals surface area contributed by atoms with E-state index in [1.54, 1.807) is 23.4 Å². The molecular formula is C20H16F3N3O4. The Morgan fingerprint density at radius 3 is 2.43 bits per heavy atom. The smallest absolute Gasteiger partial charge is 0.431 e. The van der Waals surface area contributed by atoms with E-state index in [2.05, 4.69) is 4.98 Å². The Kier molecular flexibility index (Phi) is 5.77. The summed E-state index contributed by atoms with van der Waals surface area (Å²) in [6.45, 7) is 0.168. The number of amides is 1. The standard InChI is InChI=1S/C20H16F3N3O4/c1-29-14-6-11(8-25-9-14)10-30-13-4-2-12(3-5-13)15-7-16(18(24)27)19(28)26-17(15)20(21,22)23/h2-9H,10H2,1H3,(H2,24,27)(H,26,28). The number of H-pyrrole nitrogens is 1. The summed E-state index contributed by atoms with van der Waals surface area (Å²) in [5.74, 6) is -0.165. The summed E-state index contributed by atoms with van der Waals surface area (Å²) in [7, 11) is 1.51. The highest BCUT2D eigenvalue weighted by Gasteiger charge is 2.36. The van der Waals surface area contributed by atoms with E-state index < -0.39 is 28.9 Å². The molecule has 0 radical (unpaired) electrons. The molecule has 10 heteroatoms. The number of nitrogens with zero attached hydrogens (tertiary/aromatic N) is 1. The molecule has 0 bridgehead atoms. The minimum absolute atomic E-state index is 0.122. The summed E-state index contributed by atoms with van der Waals surface area (Å²) in [6.07, 6.45) is -1.70. The molecule has 0 aliphatic heterocycles. The Hall–Kier alpha value is -3.82. The van der Waals surface area contributed by atoms with Crippen molar-refractivity contribution in [2.75, 3.05) is 7.11 Å². The van der Waals surface area contributed by atoms with Gasteiger partial charge in [-0.15, -0.1) is 0 Å². The van der Waals surface area contributed by atoms with Crippen LogP contribution in [0.2, 0.25) is 0 Å². The molecule has 3 aromatic rings. The first kappa shape index (κ1) is 20.9. The Balaban J connectivity index is 1.89. The van der Waals surface area contributed by atoms with Gasteiger partial charge in [-0.1, -0.05) is 12.1 Å². The van der Waals surface area contributed by atoms with E-state index in [0.717, 1.165) is 11.6 Å². The van der Waals surface area contributed by atoms with Crippen LogP contribution in [0.25, 0.3) is 11.1 Å². The van der Waals surface area contributed by atoms with Gasteiger partial charge in [0.1, 0.15) is 29.4 Å². The molecule has 0 aliphatic rings. The fourth-order valence-electron chi connectivity index (χ4n) is 2.72. The topological polar surface area (TPSA) is 107 Å². The summed E-state index contributed by atoms with van der Waals surface area (Å²) < 4.78 is 50.8. The van der Waals surface area contributed by atoms with Crippen molar-refractivity contribution in [3.05, 3.63) is 76.0 Å². The first-order valence-corrected chi connectivity index (χ1v) is 8.54. The number of alkyl halides is 3. The highest BCUT2D eigenvalue weighted by Crippen LogP contribution is 2.35. The second-order valence-electron chi connectivity index (χ2n) is 6.21. The number of nitrogens with one attached hydrogen (secondary N) is 1. The monoisotopic (exact) mass is 419 g/mol. The van der Waals surface area contributed by atoms with Crippen LogP contribution in [0.15, 0.2) is 53.6 Å². The summed E-state index contributed by atoms with van der Waals surface area (Å²) in [5.41, 5.74) is 2.53. The fourth-order valence-corrected chi connectivity index (χ4v) is 2.72. The van der Waals surface area contributed by atoms with Crippen molar-refractivity contribution in [1.82, 2.24) is 9.97 Å². The predicted octanol–water partition coefficient (Wildman–Crippen LogP) is 3.14. The van der Waals surface area contributed by atoms with Gasteiger partial charge in [-0.05, 0) is 29.8 Å². The fraction of sp³-hybridized carbons (Fsp3) is 0.150. The average Bonchev–Trinajstić information content (AvgIpc) is 2.72. The molecule has 0 saturated heterocycles. The van der Waals surface area contributed by atoms with Crippen LogP contribution in [0, 0.1) is 0 Å². The average molecular weight is 419 g/mol. The maximum Gasteiger partial charge on any atom is 0.431 e. The lowest BCUT2D eigenvalue weighted by atomic mass is 10.0. The number of nitrogens with two attached hydrogens (primary N) is 1. The lowest BCUT2D eigenvalue weighted by molar-refractivity contribution is -0.140. The number of primary amides is 1. The third-order valence-corrected chi connectivity index (χ3v) is 4.17. The van der Waals surface area contributed by atoms with E-state index in [1.165, 1.54) is 31.4 Å². The Morgan fingerprint density at radius 2 is 1.83 bits per heavy atom. The summed E-state index contributed by atoms with van der Waals surface area (Å²) >= 11 is 0. The molecule has 0 spiro atoms. The number of ether oxygens (including phenoxy) is 2. The second-order valence-corrected chi connectivity index (χ2v) is 6.21. The zero-order chi connectivity index (χ0) is 21.9. The Labute approximate surface area is 168 Å². The van der Waals surface area contributed by atoms with Crippen LogP contribution >= 0.6 is 0 Å². The summed E-state index contributed by atoms with van der Waals surface area (Å²) in [5, 5.41) is 0. The maximum absolute atomic E-state index is 13.4. The Bertz CT molecular complexity index is 1130. The third-order valence-electron chi connectivity index (χ3n) is 4.17. The normalized spacial score (nSPS) is 11.2. The molecule has 1 amide bonds. The van der Waals surface area contributed by atoms with E-state index in [9.17, 15) is 22.8 Å². The highest BCUT2D eigenvalue weighted by atomic mass is 19.4. The molecule has 0 aliphatic carbocycles. The van der Waals surface area contributed by atoms with E-state index >= 15 is 0 Å². The number of hydrogen-bond donors (Lipinski definition) is 2. The minimum atomic E-state index is -4.83. The summed E-state index contributed by atoms with van der Waals surface area (Å²) in [4.78, 5) is 28.8. The number of rotatable bonds is 6. The molecular weight excluding hydrogens is 403 g/mol. The molecule has 7 nitrogen and oxygen atoms in total. The van der Waals surface area contributed by atoms with Gasteiger partial charge < -0.3 is 20.2 Å². The predicted molar refractivity (Wildman–Crippen MR) is 101 cm³/mol. The van der Waals surface area contributed by atoms with Gasteiger partial charge in [-0.2, -0.15) is 13.2 Å². The number of halogens is 3. The SMILES string of the molecule is COc1cncc(COc2ccc(-c3cc(C(N)=O)c(=O)[nH]c3C(F)(F)F)cc2)c1. The van der Waals surface area contributed by atoms with Gasteiger partial charge in [0.2, 0.25) is 0 Å². The number of carbonyl (C=O) groups excluding carboxylic acids is 1.